The molecule has 0 saturated heterocycles. The van der Waals surface area contributed by atoms with Gasteiger partial charge >= 0.3 is 5.97 Å². The number of aromatic nitrogens is 1. The Labute approximate surface area is 140 Å². The van der Waals surface area contributed by atoms with Crippen molar-refractivity contribution in [3.8, 4) is 11.5 Å². The number of esters is 1. The molecule has 128 valence electrons. The summed E-state index contributed by atoms with van der Waals surface area (Å²) >= 11 is 0. The summed E-state index contributed by atoms with van der Waals surface area (Å²) in [7, 11) is 3.05. The molecule has 1 heterocycles. The Balaban J connectivity index is 2.49. The molecule has 24 heavy (non-hydrogen) atoms. The Bertz CT molecular complexity index is 754. The summed E-state index contributed by atoms with van der Waals surface area (Å²) < 4.78 is 15.4. The highest BCUT2D eigenvalue weighted by atomic mass is 16.5. The highest BCUT2D eigenvalue weighted by Crippen LogP contribution is 2.27. The van der Waals surface area contributed by atoms with Gasteiger partial charge in [-0.1, -0.05) is 0 Å². The smallest absolute Gasteiger partial charge is 0.355 e. The third-order valence-corrected chi connectivity index (χ3v) is 3.76. The van der Waals surface area contributed by atoms with E-state index < -0.39 is 5.97 Å². The number of carbonyl (C=O) groups is 2. The fraction of sp³-hybridized carbons (Fsp3) is 0.333. The van der Waals surface area contributed by atoms with E-state index in [0.29, 0.717) is 39.6 Å². The second-order valence-electron chi connectivity index (χ2n) is 5.28. The summed E-state index contributed by atoms with van der Waals surface area (Å²) in [6.07, 6.45) is 0. The first-order chi connectivity index (χ1) is 11.4. The number of benzene rings is 1. The molecule has 0 radical (unpaired) electrons. The van der Waals surface area contributed by atoms with Crippen LogP contribution < -0.4 is 9.47 Å². The molecule has 0 saturated carbocycles. The van der Waals surface area contributed by atoms with Crippen LogP contribution in [0.2, 0.25) is 0 Å². The Hall–Kier alpha value is -2.76. The van der Waals surface area contributed by atoms with Crippen molar-refractivity contribution in [2.24, 2.45) is 0 Å². The Kier molecular flexibility index (Phi) is 5.28. The molecule has 0 unspecified atom stereocenters. The molecule has 1 N–H and O–H groups in total. The predicted octanol–water partition coefficient (Wildman–Crippen LogP) is 3.06. The van der Waals surface area contributed by atoms with Crippen LogP contribution in [0.5, 0.6) is 11.5 Å². The molecule has 0 amide bonds. The van der Waals surface area contributed by atoms with Crippen LogP contribution in [0.4, 0.5) is 0 Å². The average Bonchev–Trinajstić information content (AvgIpc) is 2.88. The van der Waals surface area contributed by atoms with Gasteiger partial charge in [-0.2, -0.15) is 0 Å². The van der Waals surface area contributed by atoms with E-state index >= 15 is 0 Å². The molecular weight excluding hydrogens is 310 g/mol. The van der Waals surface area contributed by atoms with E-state index in [1.54, 1.807) is 39.0 Å². The molecule has 0 spiro atoms. The van der Waals surface area contributed by atoms with Crippen LogP contribution in [0, 0.1) is 13.8 Å². The summed E-state index contributed by atoms with van der Waals surface area (Å²) in [6, 6.07) is 4.97. The minimum atomic E-state index is -0.472. The van der Waals surface area contributed by atoms with Crippen molar-refractivity contribution in [3.05, 3.63) is 46.3 Å². The fourth-order valence-electron chi connectivity index (χ4n) is 2.58. The van der Waals surface area contributed by atoms with E-state index in [1.807, 2.05) is 0 Å². The zero-order valence-corrected chi connectivity index (χ0v) is 14.5. The topological polar surface area (TPSA) is 77.6 Å². The Morgan fingerprint density at radius 1 is 1.04 bits per heavy atom. The van der Waals surface area contributed by atoms with Gasteiger partial charge in [0.05, 0.1) is 20.8 Å². The highest BCUT2D eigenvalue weighted by Gasteiger charge is 2.24. The molecule has 6 heteroatoms. The number of H-pyrrole nitrogens is 1. The standard InChI is InChI=1S/C18H21NO5/c1-6-24-18(21)16-10(2)15(11(3)19-16)17(20)12-7-13(22-4)9-14(8-12)23-5/h7-9,19H,6H2,1-5H3. The maximum atomic E-state index is 12.9. The summed E-state index contributed by atoms with van der Waals surface area (Å²) in [5.41, 5.74) is 2.35. The third kappa shape index (κ3) is 3.27. The van der Waals surface area contributed by atoms with Gasteiger partial charge in [0.15, 0.2) is 5.78 Å². The van der Waals surface area contributed by atoms with E-state index in [2.05, 4.69) is 4.98 Å². The predicted molar refractivity (Wildman–Crippen MR) is 89.2 cm³/mol. The number of nitrogens with one attached hydrogen (secondary N) is 1. The van der Waals surface area contributed by atoms with Crippen LogP contribution in [0.25, 0.3) is 0 Å². The summed E-state index contributed by atoms with van der Waals surface area (Å²) in [4.78, 5) is 27.9. The second kappa shape index (κ2) is 7.21. The SMILES string of the molecule is CCOC(=O)c1[nH]c(C)c(C(=O)c2cc(OC)cc(OC)c2)c1C. The second-order valence-corrected chi connectivity index (χ2v) is 5.28. The molecule has 6 nitrogen and oxygen atoms in total. The maximum Gasteiger partial charge on any atom is 0.355 e. The zero-order valence-electron chi connectivity index (χ0n) is 14.5. The van der Waals surface area contributed by atoms with Gasteiger partial charge in [0.1, 0.15) is 17.2 Å². The molecular formula is C18H21NO5. The van der Waals surface area contributed by atoms with Crippen molar-refractivity contribution < 1.29 is 23.8 Å². The normalized spacial score (nSPS) is 10.4. The highest BCUT2D eigenvalue weighted by molar-refractivity contribution is 6.12. The van der Waals surface area contributed by atoms with Crippen LogP contribution in [0.1, 0.15) is 44.6 Å². The number of hydrogen-bond acceptors (Lipinski definition) is 5. The van der Waals surface area contributed by atoms with E-state index in [4.69, 9.17) is 14.2 Å². The van der Waals surface area contributed by atoms with Crippen LogP contribution in [-0.2, 0) is 4.74 Å². The number of carbonyl (C=O) groups excluding carboxylic acids is 2. The van der Waals surface area contributed by atoms with Crippen molar-refractivity contribution in [2.45, 2.75) is 20.8 Å². The van der Waals surface area contributed by atoms with E-state index in [1.165, 1.54) is 14.2 Å². The number of hydrogen-bond donors (Lipinski definition) is 1. The van der Waals surface area contributed by atoms with Gasteiger partial charge in [0.25, 0.3) is 0 Å². The van der Waals surface area contributed by atoms with Crippen LogP contribution in [-0.4, -0.2) is 37.6 Å². The number of ether oxygens (including phenoxy) is 3. The first kappa shape index (κ1) is 17.6. The quantitative estimate of drug-likeness (QED) is 0.650. The van der Waals surface area contributed by atoms with Crippen molar-refractivity contribution in [1.82, 2.24) is 4.98 Å². The monoisotopic (exact) mass is 331 g/mol. The Morgan fingerprint density at radius 2 is 1.62 bits per heavy atom. The average molecular weight is 331 g/mol. The van der Waals surface area contributed by atoms with Crippen molar-refractivity contribution in [3.63, 3.8) is 0 Å². The van der Waals surface area contributed by atoms with Gasteiger partial charge < -0.3 is 19.2 Å². The van der Waals surface area contributed by atoms with Gasteiger partial charge in [-0.05, 0) is 38.5 Å². The van der Waals surface area contributed by atoms with Crippen LogP contribution in [0.3, 0.4) is 0 Å². The summed E-state index contributed by atoms with van der Waals surface area (Å²) in [6.45, 7) is 5.48. The minimum Gasteiger partial charge on any atom is -0.497 e. The van der Waals surface area contributed by atoms with Crippen LogP contribution in [0.15, 0.2) is 18.2 Å². The molecule has 0 atom stereocenters. The molecule has 0 aliphatic heterocycles. The van der Waals surface area contributed by atoms with Crippen molar-refractivity contribution in [1.29, 1.82) is 0 Å². The van der Waals surface area contributed by atoms with Gasteiger partial charge in [0.2, 0.25) is 0 Å². The Morgan fingerprint density at radius 3 is 2.12 bits per heavy atom. The molecule has 2 rings (SSSR count). The number of ketones is 1. The summed E-state index contributed by atoms with van der Waals surface area (Å²) in [5.74, 6) is 0.359. The fourth-order valence-corrected chi connectivity index (χ4v) is 2.58. The first-order valence-electron chi connectivity index (χ1n) is 7.56. The lowest BCUT2D eigenvalue weighted by molar-refractivity contribution is 0.0519. The largest absolute Gasteiger partial charge is 0.497 e. The molecule has 0 aliphatic rings. The molecule has 0 aliphatic carbocycles. The van der Waals surface area contributed by atoms with Gasteiger partial charge in [0, 0.05) is 22.9 Å². The van der Waals surface area contributed by atoms with Gasteiger partial charge in [-0.25, -0.2) is 4.79 Å². The maximum absolute atomic E-state index is 12.9. The number of methoxy groups -OCH3 is 2. The lowest BCUT2D eigenvalue weighted by Crippen LogP contribution is -2.08. The number of rotatable bonds is 6. The van der Waals surface area contributed by atoms with E-state index in [0.717, 1.165) is 0 Å². The molecule has 0 fully saturated rings. The third-order valence-electron chi connectivity index (χ3n) is 3.76. The van der Waals surface area contributed by atoms with Crippen molar-refractivity contribution >= 4 is 11.8 Å². The van der Waals surface area contributed by atoms with Gasteiger partial charge in [-0.15, -0.1) is 0 Å². The zero-order chi connectivity index (χ0) is 17.9. The van der Waals surface area contributed by atoms with E-state index in [-0.39, 0.29) is 12.4 Å². The number of aromatic amines is 1. The summed E-state index contributed by atoms with van der Waals surface area (Å²) in [5, 5.41) is 0. The van der Waals surface area contributed by atoms with E-state index in [9.17, 15) is 9.59 Å². The lowest BCUT2D eigenvalue weighted by atomic mass is 9.99. The molecule has 1 aromatic carbocycles. The minimum absolute atomic E-state index is 0.214. The van der Waals surface area contributed by atoms with Crippen LogP contribution >= 0.6 is 0 Å². The molecule has 1 aromatic heterocycles. The molecule has 0 bridgehead atoms. The molecule has 2 aromatic rings. The number of aryl methyl sites for hydroxylation is 1. The van der Waals surface area contributed by atoms with Gasteiger partial charge in [-0.3, -0.25) is 4.79 Å². The first-order valence-corrected chi connectivity index (χ1v) is 7.56. The van der Waals surface area contributed by atoms with Crippen molar-refractivity contribution in [2.75, 3.05) is 20.8 Å². The lowest BCUT2D eigenvalue weighted by Gasteiger charge is -2.08.